The van der Waals surface area contributed by atoms with Crippen molar-refractivity contribution in [2.75, 3.05) is 11.9 Å². The first-order valence-electron chi connectivity index (χ1n) is 12.0. The van der Waals surface area contributed by atoms with Crippen molar-refractivity contribution in [3.63, 3.8) is 0 Å². The molecule has 186 valence electrons. The molecule has 5 rings (SSSR count). The van der Waals surface area contributed by atoms with Crippen molar-refractivity contribution in [1.29, 1.82) is 0 Å². The van der Waals surface area contributed by atoms with E-state index in [0.717, 1.165) is 32.8 Å². The van der Waals surface area contributed by atoms with Gasteiger partial charge in [-0.25, -0.2) is 9.97 Å². The van der Waals surface area contributed by atoms with Gasteiger partial charge in [-0.2, -0.15) is 0 Å². The number of thiazole rings is 1. The second kappa shape index (κ2) is 11.5. The highest BCUT2D eigenvalue weighted by atomic mass is 32.2. The molecular formula is C28H25N5O2S2. The van der Waals surface area contributed by atoms with E-state index >= 15 is 0 Å². The zero-order chi connectivity index (χ0) is 25.6. The molecular weight excluding hydrogens is 502 g/mol. The van der Waals surface area contributed by atoms with Crippen LogP contribution in [0, 0.1) is 0 Å². The number of nitrogens with zero attached hydrogens (tertiary/aromatic N) is 4. The number of carbonyl (C=O) groups excluding carboxylic acids is 1. The molecule has 0 aliphatic rings. The van der Waals surface area contributed by atoms with Crippen LogP contribution < -0.4 is 10.1 Å². The van der Waals surface area contributed by atoms with Crippen molar-refractivity contribution in [3.05, 3.63) is 78.9 Å². The van der Waals surface area contributed by atoms with Crippen LogP contribution in [0.25, 0.3) is 32.7 Å². The Kier molecular flexibility index (Phi) is 7.72. The van der Waals surface area contributed by atoms with E-state index in [2.05, 4.69) is 20.5 Å². The Bertz CT molecular complexity index is 1510. The molecule has 1 unspecified atom stereocenters. The molecule has 0 bridgehead atoms. The summed E-state index contributed by atoms with van der Waals surface area (Å²) < 4.78 is 6.53. The predicted octanol–water partition coefficient (Wildman–Crippen LogP) is 6.72. The van der Waals surface area contributed by atoms with Crippen LogP contribution in [0.1, 0.15) is 20.3 Å². The number of carbonyl (C=O) groups is 1. The van der Waals surface area contributed by atoms with Gasteiger partial charge in [-0.3, -0.25) is 4.79 Å². The number of nitrogens with one attached hydrogen (secondary N) is 1. The molecule has 0 aliphatic carbocycles. The Hall–Kier alpha value is -3.82. The maximum atomic E-state index is 13.2. The smallest absolute Gasteiger partial charge is 0.239 e. The van der Waals surface area contributed by atoms with E-state index in [1.54, 1.807) is 0 Å². The molecule has 0 fully saturated rings. The zero-order valence-electron chi connectivity index (χ0n) is 20.4. The molecule has 1 amide bonds. The number of benzene rings is 3. The number of aromatic nitrogens is 4. The quantitative estimate of drug-likeness (QED) is 0.213. The first-order valence-corrected chi connectivity index (χ1v) is 13.7. The zero-order valence-corrected chi connectivity index (χ0v) is 22.1. The van der Waals surface area contributed by atoms with Gasteiger partial charge in [-0.15, -0.1) is 10.2 Å². The topological polar surface area (TPSA) is 89.9 Å². The third-order valence-electron chi connectivity index (χ3n) is 5.57. The van der Waals surface area contributed by atoms with Crippen molar-refractivity contribution < 1.29 is 9.53 Å². The molecule has 0 aliphatic heterocycles. The third kappa shape index (κ3) is 5.79. The largest absolute Gasteiger partial charge is 0.494 e. The van der Waals surface area contributed by atoms with E-state index in [1.807, 2.05) is 92.7 Å². The molecule has 3 aromatic carbocycles. The Morgan fingerprint density at radius 3 is 2.30 bits per heavy atom. The van der Waals surface area contributed by atoms with Gasteiger partial charge in [-0.1, -0.05) is 90.7 Å². The molecule has 9 heteroatoms. The number of anilines is 1. The van der Waals surface area contributed by atoms with Crippen LogP contribution in [0.2, 0.25) is 0 Å². The maximum Gasteiger partial charge on any atom is 0.239 e. The number of fused-ring (bicyclic) bond motifs is 1. The molecule has 2 aromatic heterocycles. The number of rotatable bonds is 9. The molecule has 0 spiro atoms. The minimum atomic E-state index is -0.404. The number of thioether (sulfide) groups is 1. The van der Waals surface area contributed by atoms with Crippen molar-refractivity contribution >= 4 is 44.4 Å². The summed E-state index contributed by atoms with van der Waals surface area (Å²) in [6, 6.07) is 25.5. The Balaban J connectivity index is 1.38. The maximum absolute atomic E-state index is 13.2. The van der Waals surface area contributed by atoms with Crippen LogP contribution in [0.4, 0.5) is 5.13 Å². The van der Waals surface area contributed by atoms with E-state index in [4.69, 9.17) is 9.72 Å². The summed E-state index contributed by atoms with van der Waals surface area (Å²) in [5.41, 5.74) is 4.13. The van der Waals surface area contributed by atoms with Gasteiger partial charge in [0.15, 0.2) is 5.13 Å². The molecule has 7 nitrogen and oxygen atoms in total. The monoisotopic (exact) mass is 527 g/mol. The summed E-state index contributed by atoms with van der Waals surface area (Å²) in [5, 5.41) is 12.5. The van der Waals surface area contributed by atoms with Gasteiger partial charge in [0, 0.05) is 11.1 Å². The first kappa shape index (κ1) is 24.9. The van der Waals surface area contributed by atoms with E-state index in [0.29, 0.717) is 29.0 Å². The minimum Gasteiger partial charge on any atom is -0.494 e. The highest BCUT2D eigenvalue weighted by molar-refractivity contribution is 8.00. The van der Waals surface area contributed by atoms with Gasteiger partial charge in [-0.05, 0) is 31.5 Å². The molecule has 1 atom stereocenters. The Labute approximate surface area is 223 Å². The second-order valence-electron chi connectivity index (χ2n) is 8.11. The standard InChI is InChI=1S/C28H25N5O2S2/c1-3-22(26(34)31-27-29-21-16-15-20(35-4-2)17-23(21)37-27)36-28-30-24(18-11-7-5-8-12-18)25(32-33-28)19-13-9-6-10-14-19/h5-17,22H,3-4H2,1-2H3,(H,29,31,34). The summed E-state index contributed by atoms with van der Waals surface area (Å²) in [7, 11) is 0. The molecule has 37 heavy (non-hydrogen) atoms. The summed E-state index contributed by atoms with van der Waals surface area (Å²) in [5.74, 6) is 0.643. The average Bonchev–Trinajstić information content (AvgIpc) is 3.34. The molecule has 0 saturated carbocycles. The Morgan fingerprint density at radius 2 is 1.62 bits per heavy atom. The van der Waals surface area contributed by atoms with E-state index in [9.17, 15) is 4.79 Å². The Morgan fingerprint density at radius 1 is 0.919 bits per heavy atom. The van der Waals surface area contributed by atoms with Gasteiger partial charge in [0.2, 0.25) is 11.1 Å². The average molecular weight is 528 g/mol. The second-order valence-corrected chi connectivity index (χ2v) is 10.3. The molecule has 5 aromatic rings. The van der Waals surface area contributed by atoms with Gasteiger partial charge in [0.25, 0.3) is 0 Å². The van der Waals surface area contributed by atoms with Crippen molar-refractivity contribution in [2.45, 2.75) is 30.7 Å². The summed E-state index contributed by atoms with van der Waals surface area (Å²) >= 11 is 2.73. The van der Waals surface area contributed by atoms with Crippen LogP contribution >= 0.6 is 23.1 Å². The van der Waals surface area contributed by atoms with E-state index < -0.39 is 5.25 Å². The number of hydrogen-bond donors (Lipinski definition) is 1. The van der Waals surface area contributed by atoms with Crippen LogP contribution in [-0.4, -0.2) is 37.9 Å². The fourth-order valence-corrected chi connectivity index (χ4v) is 5.52. The van der Waals surface area contributed by atoms with E-state index in [1.165, 1.54) is 23.1 Å². The normalized spacial score (nSPS) is 11.8. The van der Waals surface area contributed by atoms with E-state index in [-0.39, 0.29) is 5.91 Å². The number of hydrogen-bond acceptors (Lipinski definition) is 8. The molecule has 0 saturated heterocycles. The van der Waals surface area contributed by atoms with Gasteiger partial charge in [0.1, 0.15) is 17.1 Å². The lowest BCUT2D eigenvalue weighted by Gasteiger charge is -2.14. The van der Waals surface area contributed by atoms with Crippen LogP contribution in [0.5, 0.6) is 5.75 Å². The summed E-state index contributed by atoms with van der Waals surface area (Å²) in [4.78, 5) is 22.6. The van der Waals surface area contributed by atoms with Gasteiger partial charge < -0.3 is 10.1 Å². The van der Waals surface area contributed by atoms with Crippen molar-refractivity contribution in [2.24, 2.45) is 0 Å². The summed E-state index contributed by atoms with van der Waals surface area (Å²) in [6.45, 7) is 4.51. The van der Waals surface area contributed by atoms with Crippen molar-refractivity contribution in [3.8, 4) is 28.3 Å². The predicted molar refractivity (Wildman–Crippen MR) is 150 cm³/mol. The highest BCUT2D eigenvalue weighted by Gasteiger charge is 2.23. The first-order chi connectivity index (χ1) is 18.1. The lowest BCUT2D eigenvalue weighted by Crippen LogP contribution is -2.24. The minimum absolute atomic E-state index is 0.145. The van der Waals surface area contributed by atoms with Gasteiger partial charge >= 0.3 is 0 Å². The third-order valence-corrected chi connectivity index (χ3v) is 7.72. The SMILES string of the molecule is CCOc1ccc2nc(NC(=O)C(CC)Sc3nnc(-c4ccccc4)c(-c4ccccc4)n3)sc2c1. The van der Waals surface area contributed by atoms with Crippen LogP contribution in [0.15, 0.2) is 84.0 Å². The molecule has 1 N–H and O–H groups in total. The number of ether oxygens (including phenoxy) is 1. The fraction of sp³-hybridized carbons (Fsp3) is 0.179. The van der Waals surface area contributed by atoms with Gasteiger partial charge in [0.05, 0.1) is 22.1 Å². The lowest BCUT2D eigenvalue weighted by atomic mass is 10.0. The van der Waals surface area contributed by atoms with Crippen LogP contribution in [-0.2, 0) is 4.79 Å². The van der Waals surface area contributed by atoms with Crippen molar-refractivity contribution in [1.82, 2.24) is 20.2 Å². The molecule has 2 heterocycles. The highest BCUT2D eigenvalue weighted by Crippen LogP contribution is 2.33. The molecule has 0 radical (unpaired) electrons. The summed E-state index contributed by atoms with van der Waals surface area (Å²) in [6.07, 6.45) is 0.598. The lowest BCUT2D eigenvalue weighted by molar-refractivity contribution is -0.115. The fourth-order valence-electron chi connectivity index (χ4n) is 3.80. The number of amides is 1. The van der Waals surface area contributed by atoms with Crippen LogP contribution in [0.3, 0.4) is 0 Å².